The van der Waals surface area contributed by atoms with E-state index in [4.69, 9.17) is 4.74 Å². The molecule has 2 aromatic carbocycles. The Morgan fingerprint density at radius 2 is 1.72 bits per heavy atom. The summed E-state index contributed by atoms with van der Waals surface area (Å²) in [6.45, 7) is 4.29. The average molecular weight is 309 g/mol. The fraction of sp³-hybridized carbons (Fsp3) is 0.200. The van der Waals surface area contributed by atoms with Gasteiger partial charge in [0.2, 0.25) is 0 Å². The maximum Gasteiger partial charge on any atom is 0.141 e. The Labute approximate surface area is 115 Å². The van der Waals surface area contributed by atoms with Gasteiger partial charge in [-0.1, -0.05) is 26.0 Å². The van der Waals surface area contributed by atoms with Gasteiger partial charge in [-0.25, -0.2) is 4.39 Å². The van der Waals surface area contributed by atoms with E-state index in [2.05, 4.69) is 29.8 Å². The number of rotatable bonds is 3. The van der Waals surface area contributed by atoms with Crippen molar-refractivity contribution < 1.29 is 9.13 Å². The minimum atomic E-state index is -0.288. The second kappa shape index (κ2) is 5.53. The molecule has 0 heterocycles. The number of ether oxygens (including phenoxy) is 1. The van der Waals surface area contributed by atoms with Crippen molar-refractivity contribution in [3.8, 4) is 11.5 Å². The predicted octanol–water partition coefficient (Wildman–Crippen LogP) is 5.50. The molecule has 0 unspecified atom stereocenters. The molecule has 3 heteroatoms. The van der Waals surface area contributed by atoms with Crippen LogP contribution in [-0.2, 0) is 0 Å². The van der Waals surface area contributed by atoms with E-state index in [1.54, 1.807) is 6.07 Å². The maximum atomic E-state index is 12.9. The first-order valence-electron chi connectivity index (χ1n) is 5.79. The van der Waals surface area contributed by atoms with Crippen LogP contribution in [0.15, 0.2) is 46.9 Å². The van der Waals surface area contributed by atoms with Crippen molar-refractivity contribution in [2.75, 3.05) is 0 Å². The van der Waals surface area contributed by atoms with Crippen molar-refractivity contribution in [1.29, 1.82) is 0 Å². The molecule has 0 radical (unpaired) electrons. The normalized spacial score (nSPS) is 10.7. The van der Waals surface area contributed by atoms with Crippen molar-refractivity contribution in [3.05, 3.63) is 58.3 Å². The summed E-state index contributed by atoms with van der Waals surface area (Å²) in [6.07, 6.45) is 0. The second-order valence-electron chi connectivity index (χ2n) is 4.40. The fourth-order valence-electron chi connectivity index (χ4n) is 1.61. The van der Waals surface area contributed by atoms with Crippen LogP contribution in [0, 0.1) is 5.82 Å². The van der Waals surface area contributed by atoms with Gasteiger partial charge in [0.1, 0.15) is 17.3 Å². The SMILES string of the molecule is CC(C)c1ccc(Oc2ccc(F)cc2Br)cc1. The molecule has 0 aliphatic carbocycles. The zero-order valence-corrected chi connectivity index (χ0v) is 11.9. The van der Waals surface area contributed by atoms with E-state index >= 15 is 0 Å². The van der Waals surface area contributed by atoms with Gasteiger partial charge in [0.15, 0.2) is 0 Å². The molecule has 1 nitrogen and oxygen atoms in total. The van der Waals surface area contributed by atoms with Crippen LogP contribution < -0.4 is 4.74 Å². The molecule has 0 spiro atoms. The molecule has 94 valence electrons. The van der Waals surface area contributed by atoms with Crippen molar-refractivity contribution in [3.63, 3.8) is 0 Å². The molecule has 0 aromatic heterocycles. The monoisotopic (exact) mass is 308 g/mol. The molecule has 0 atom stereocenters. The lowest BCUT2D eigenvalue weighted by Crippen LogP contribution is -1.89. The van der Waals surface area contributed by atoms with E-state index < -0.39 is 0 Å². The van der Waals surface area contributed by atoms with Gasteiger partial charge < -0.3 is 4.74 Å². The average Bonchev–Trinajstić information content (AvgIpc) is 2.33. The topological polar surface area (TPSA) is 9.23 Å². The van der Waals surface area contributed by atoms with Crippen molar-refractivity contribution in [2.45, 2.75) is 19.8 Å². The van der Waals surface area contributed by atoms with Gasteiger partial charge in [-0.05, 0) is 57.7 Å². The lowest BCUT2D eigenvalue weighted by Gasteiger charge is -2.09. The van der Waals surface area contributed by atoms with Gasteiger partial charge in [-0.3, -0.25) is 0 Å². The summed E-state index contributed by atoms with van der Waals surface area (Å²) in [5, 5.41) is 0. The quantitative estimate of drug-likeness (QED) is 0.727. The van der Waals surface area contributed by atoms with E-state index in [0.29, 0.717) is 16.1 Å². The van der Waals surface area contributed by atoms with Crippen LogP contribution in [0.5, 0.6) is 11.5 Å². The van der Waals surface area contributed by atoms with Gasteiger partial charge in [-0.15, -0.1) is 0 Å². The van der Waals surface area contributed by atoms with Gasteiger partial charge in [0.05, 0.1) is 4.47 Å². The summed E-state index contributed by atoms with van der Waals surface area (Å²) in [5.74, 6) is 1.56. The maximum absolute atomic E-state index is 12.9. The molecule has 0 saturated carbocycles. The predicted molar refractivity (Wildman–Crippen MR) is 74.7 cm³/mol. The number of hydrogen-bond donors (Lipinski definition) is 0. The Kier molecular flexibility index (Phi) is 4.02. The van der Waals surface area contributed by atoms with Crippen LogP contribution in [0.25, 0.3) is 0 Å². The highest BCUT2D eigenvalue weighted by Crippen LogP contribution is 2.30. The van der Waals surface area contributed by atoms with E-state index in [9.17, 15) is 4.39 Å². The summed E-state index contributed by atoms with van der Waals surface area (Å²) in [7, 11) is 0. The van der Waals surface area contributed by atoms with E-state index in [-0.39, 0.29) is 5.82 Å². The standard InChI is InChI=1S/C15H14BrFO/c1-10(2)11-3-6-13(7-4-11)18-15-8-5-12(17)9-14(15)16/h3-10H,1-2H3. The number of hydrogen-bond acceptors (Lipinski definition) is 1. The zero-order chi connectivity index (χ0) is 13.1. The van der Waals surface area contributed by atoms with Crippen molar-refractivity contribution in [2.24, 2.45) is 0 Å². The summed E-state index contributed by atoms with van der Waals surface area (Å²) in [5.41, 5.74) is 1.26. The van der Waals surface area contributed by atoms with Crippen LogP contribution in [0.2, 0.25) is 0 Å². The lowest BCUT2D eigenvalue weighted by atomic mass is 10.0. The van der Waals surface area contributed by atoms with Gasteiger partial charge in [-0.2, -0.15) is 0 Å². The van der Waals surface area contributed by atoms with Crippen LogP contribution in [0.1, 0.15) is 25.3 Å². The van der Waals surface area contributed by atoms with E-state index in [1.807, 2.05) is 24.3 Å². The molecule has 0 aliphatic heterocycles. The minimum Gasteiger partial charge on any atom is -0.456 e. The first-order chi connectivity index (χ1) is 8.56. The molecule has 0 bridgehead atoms. The zero-order valence-electron chi connectivity index (χ0n) is 10.3. The Hall–Kier alpha value is -1.35. The molecule has 0 saturated heterocycles. The van der Waals surface area contributed by atoms with Crippen LogP contribution >= 0.6 is 15.9 Å². The van der Waals surface area contributed by atoms with Crippen molar-refractivity contribution in [1.82, 2.24) is 0 Å². The smallest absolute Gasteiger partial charge is 0.141 e. The van der Waals surface area contributed by atoms with Gasteiger partial charge in [0.25, 0.3) is 0 Å². The summed E-state index contributed by atoms with van der Waals surface area (Å²) < 4.78 is 19.2. The highest BCUT2D eigenvalue weighted by Gasteiger charge is 2.05. The Bertz CT molecular complexity index is 535. The largest absolute Gasteiger partial charge is 0.456 e. The number of halogens is 2. The Morgan fingerprint density at radius 3 is 2.28 bits per heavy atom. The molecule has 2 aromatic rings. The second-order valence-corrected chi connectivity index (χ2v) is 5.25. The fourth-order valence-corrected chi connectivity index (χ4v) is 2.04. The summed E-state index contributed by atoms with van der Waals surface area (Å²) >= 11 is 3.28. The molecule has 0 N–H and O–H groups in total. The summed E-state index contributed by atoms with van der Waals surface area (Å²) in [6, 6.07) is 12.3. The minimum absolute atomic E-state index is 0.288. The molecular weight excluding hydrogens is 295 g/mol. The van der Waals surface area contributed by atoms with Crippen LogP contribution in [0.4, 0.5) is 4.39 Å². The third-order valence-corrected chi connectivity index (χ3v) is 3.29. The highest BCUT2D eigenvalue weighted by molar-refractivity contribution is 9.10. The first kappa shape index (κ1) is 13.1. The molecule has 0 fully saturated rings. The van der Waals surface area contributed by atoms with Gasteiger partial charge >= 0.3 is 0 Å². The van der Waals surface area contributed by atoms with Crippen molar-refractivity contribution >= 4 is 15.9 Å². The molecular formula is C15H14BrFO. The Balaban J connectivity index is 2.18. The highest BCUT2D eigenvalue weighted by atomic mass is 79.9. The molecule has 18 heavy (non-hydrogen) atoms. The molecule has 0 amide bonds. The van der Waals surface area contributed by atoms with E-state index in [1.165, 1.54) is 17.7 Å². The number of benzene rings is 2. The van der Waals surface area contributed by atoms with Crippen LogP contribution in [0.3, 0.4) is 0 Å². The third kappa shape index (κ3) is 3.10. The first-order valence-corrected chi connectivity index (χ1v) is 6.58. The lowest BCUT2D eigenvalue weighted by molar-refractivity contribution is 0.477. The van der Waals surface area contributed by atoms with Crippen LogP contribution in [-0.4, -0.2) is 0 Å². The molecule has 0 aliphatic rings. The Morgan fingerprint density at radius 1 is 1.06 bits per heavy atom. The van der Waals surface area contributed by atoms with Gasteiger partial charge in [0, 0.05) is 0 Å². The molecule has 2 rings (SSSR count). The van der Waals surface area contributed by atoms with E-state index in [0.717, 1.165) is 5.75 Å². The third-order valence-electron chi connectivity index (χ3n) is 2.67. The summed E-state index contributed by atoms with van der Waals surface area (Å²) in [4.78, 5) is 0.